The number of carbonyl (C=O) groups excluding carboxylic acids is 1. The molecular weight excluding hydrogens is 476 g/mol. The van der Waals surface area contributed by atoms with E-state index in [0.29, 0.717) is 22.7 Å². The van der Waals surface area contributed by atoms with Gasteiger partial charge in [0.1, 0.15) is 11.5 Å². The third-order valence-corrected chi connectivity index (χ3v) is 7.16. The molecule has 2 N–H and O–H groups in total. The van der Waals surface area contributed by atoms with E-state index in [1.54, 1.807) is 31.2 Å². The topological polar surface area (TPSA) is 93.7 Å². The maximum Gasteiger partial charge on any atom is 0.262 e. The molecule has 0 fully saturated rings. The van der Waals surface area contributed by atoms with Crippen molar-refractivity contribution >= 4 is 27.3 Å². The van der Waals surface area contributed by atoms with Gasteiger partial charge in [-0.25, -0.2) is 8.42 Å². The van der Waals surface area contributed by atoms with E-state index >= 15 is 0 Å². The Hall–Kier alpha value is -4.30. The van der Waals surface area contributed by atoms with Gasteiger partial charge in [-0.3, -0.25) is 9.52 Å². The molecule has 0 aliphatic carbocycles. The predicted octanol–water partition coefficient (Wildman–Crippen LogP) is 5.73. The van der Waals surface area contributed by atoms with E-state index < -0.39 is 15.9 Å². The van der Waals surface area contributed by atoms with E-state index in [4.69, 9.17) is 9.47 Å². The van der Waals surface area contributed by atoms with Crippen molar-refractivity contribution in [3.05, 3.63) is 102 Å². The number of benzene rings is 4. The van der Waals surface area contributed by atoms with Gasteiger partial charge in [-0.2, -0.15) is 0 Å². The fraction of sp³-hybridized carbons (Fsp3) is 0.107. The molecule has 0 saturated heterocycles. The second kappa shape index (κ2) is 10.5. The molecular formula is C28H26N2O5S. The summed E-state index contributed by atoms with van der Waals surface area (Å²) in [7, 11) is -1.11. The van der Waals surface area contributed by atoms with Crippen LogP contribution in [0.1, 0.15) is 15.9 Å². The van der Waals surface area contributed by atoms with Gasteiger partial charge < -0.3 is 14.8 Å². The largest absolute Gasteiger partial charge is 0.497 e. The summed E-state index contributed by atoms with van der Waals surface area (Å²) >= 11 is 0. The number of ether oxygens (including phenoxy) is 2. The number of amides is 1. The Kier molecular flexibility index (Phi) is 7.26. The fourth-order valence-electron chi connectivity index (χ4n) is 3.78. The van der Waals surface area contributed by atoms with Crippen molar-refractivity contribution in [3.63, 3.8) is 0 Å². The minimum absolute atomic E-state index is 0.0173. The van der Waals surface area contributed by atoms with Crippen LogP contribution in [0.15, 0.2) is 95.9 Å². The molecule has 0 radical (unpaired) electrons. The fourth-order valence-corrected chi connectivity index (χ4v) is 5.11. The lowest BCUT2D eigenvalue weighted by Gasteiger charge is -2.15. The normalized spacial score (nSPS) is 11.0. The van der Waals surface area contributed by atoms with E-state index in [9.17, 15) is 13.2 Å². The number of sulfonamides is 1. The number of hydrogen-bond donors (Lipinski definition) is 2. The molecule has 4 rings (SSSR count). The lowest BCUT2D eigenvalue weighted by molar-refractivity contribution is 0.102. The standard InChI is InChI=1S/C28H26N2O5S/c1-19-13-14-21(28(31)29-24-12-8-7-11-23(24)20-9-5-4-6-10-20)17-27(19)36(32,33)30-25-18-22(34-2)15-16-26(25)35-3/h4-18,30H,1-3H3,(H,29,31). The third kappa shape index (κ3) is 5.34. The van der Waals surface area contributed by atoms with Gasteiger partial charge in [-0.15, -0.1) is 0 Å². The van der Waals surface area contributed by atoms with Crippen LogP contribution in [0.4, 0.5) is 11.4 Å². The molecule has 7 nitrogen and oxygen atoms in total. The van der Waals surface area contributed by atoms with Gasteiger partial charge in [-0.1, -0.05) is 54.6 Å². The highest BCUT2D eigenvalue weighted by Crippen LogP contribution is 2.32. The molecule has 0 aliphatic heterocycles. The number of rotatable bonds is 8. The molecule has 0 spiro atoms. The molecule has 0 saturated carbocycles. The van der Waals surface area contributed by atoms with Crippen molar-refractivity contribution in [1.29, 1.82) is 0 Å². The van der Waals surface area contributed by atoms with E-state index in [2.05, 4.69) is 10.0 Å². The number of methoxy groups -OCH3 is 2. The van der Waals surface area contributed by atoms with Crippen LogP contribution in [0.25, 0.3) is 11.1 Å². The molecule has 184 valence electrons. The van der Waals surface area contributed by atoms with Crippen LogP contribution < -0.4 is 19.5 Å². The predicted molar refractivity (Wildman–Crippen MR) is 141 cm³/mol. The molecule has 0 aromatic heterocycles. The zero-order chi connectivity index (χ0) is 25.7. The number of aryl methyl sites for hydroxylation is 1. The monoisotopic (exact) mass is 502 g/mol. The van der Waals surface area contributed by atoms with Gasteiger partial charge in [0.2, 0.25) is 0 Å². The second-order valence-electron chi connectivity index (χ2n) is 8.02. The van der Waals surface area contributed by atoms with E-state index in [-0.39, 0.29) is 16.1 Å². The van der Waals surface area contributed by atoms with Crippen LogP contribution in [-0.4, -0.2) is 28.5 Å². The van der Waals surface area contributed by atoms with Gasteiger partial charge >= 0.3 is 0 Å². The van der Waals surface area contributed by atoms with Gasteiger partial charge in [0.15, 0.2) is 0 Å². The lowest BCUT2D eigenvalue weighted by atomic mass is 10.0. The van der Waals surface area contributed by atoms with Crippen molar-refractivity contribution < 1.29 is 22.7 Å². The second-order valence-corrected chi connectivity index (χ2v) is 9.67. The molecule has 36 heavy (non-hydrogen) atoms. The van der Waals surface area contributed by atoms with Crippen molar-refractivity contribution in [1.82, 2.24) is 0 Å². The first kappa shape index (κ1) is 24.8. The summed E-state index contributed by atoms with van der Waals surface area (Å²) in [5, 5.41) is 2.92. The molecule has 0 aliphatic rings. The number of nitrogens with one attached hydrogen (secondary N) is 2. The van der Waals surface area contributed by atoms with Crippen molar-refractivity contribution in [3.8, 4) is 22.6 Å². The molecule has 0 heterocycles. The Morgan fingerprint density at radius 2 is 1.50 bits per heavy atom. The number of carbonyl (C=O) groups is 1. The van der Waals surface area contributed by atoms with Crippen LogP contribution in [0, 0.1) is 6.92 Å². The first-order valence-electron chi connectivity index (χ1n) is 11.1. The van der Waals surface area contributed by atoms with Crippen LogP contribution in [0.3, 0.4) is 0 Å². The molecule has 4 aromatic rings. The summed E-state index contributed by atoms with van der Waals surface area (Å²) in [5.41, 5.74) is 3.36. The summed E-state index contributed by atoms with van der Waals surface area (Å²) in [6.45, 7) is 1.67. The minimum atomic E-state index is -4.05. The Morgan fingerprint density at radius 3 is 2.22 bits per heavy atom. The van der Waals surface area contributed by atoms with Gasteiger partial charge in [0.25, 0.3) is 15.9 Å². The SMILES string of the molecule is COc1ccc(OC)c(NS(=O)(=O)c2cc(C(=O)Nc3ccccc3-c3ccccc3)ccc2C)c1. The van der Waals surface area contributed by atoms with Crippen LogP contribution in [0.5, 0.6) is 11.5 Å². The van der Waals surface area contributed by atoms with Crippen LogP contribution in [-0.2, 0) is 10.0 Å². The highest BCUT2D eigenvalue weighted by Gasteiger charge is 2.22. The zero-order valence-corrected chi connectivity index (χ0v) is 20.9. The maximum absolute atomic E-state index is 13.3. The van der Waals surface area contributed by atoms with Gasteiger partial charge in [-0.05, 0) is 48.4 Å². The average Bonchev–Trinajstić information content (AvgIpc) is 2.89. The molecule has 1 amide bonds. The van der Waals surface area contributed by atoms with E-state index in [0.717, 1.165) is 11.1 Å². The first-order chi connectivity index (χ1) is 17.3. The number of hydrogen-bond acceptors (Lipinski definition) is 5. The maximum atomic E-state index is 13.3. The summed E-state index contributed by atoms with van der Waals surface area (Å²) in [5.74, 6) is 0.382. The van der Waals surface area contributed by atoms with E-state index in [1.807, 2.05) is 54.6 Å². The third-order valence-electron chi connectivity index (χ3n) is 5.65. The molecule has 8 heteroatoms. The quantitative estimate of drug-likeness (QED) is 0.321. The molecule has 0 atom stereocenters. The Balaban J connectivity index is 1.64. The smallest absolute Gasteiger partial charge is 0.262 e. The molecule has 0 unspecified atom stereocenters. The van der Waals surface area contributed by atoms with Crippen molar-refractivity contribution in [2.24, 2.45) is 0 Å². The first-order valence-corrected chi connectivity index (χ1v) is 12.6. The van der Waals surface area contributed by atoms with Crippen molar-refractivity contribution in [2.45, 2.75) is 11.8 Å². The van der Waals surface area contributed by atoms with Gasteiger partial charge in [0, 0.05) is 22.9 Å². The summed E-state index contributed by atoms with van der Waals surface area (Å²) in [6, 6.07) is 26.5. The molecule has 4 aromatic carbocycles. The Morgan fingerprint density at radius 1 is 0.778 bits per heavy atom. The minimum Gasteiger partial charge on any atom is -0.497 e. The number of para-hydroxylation sites is 1. The Bertz CT molecular complexity index is 1500. The van der Waals surface area contributed by atoms with Crippen molar-refractivity contribution in [2.75, 3.05) is 24.3 Å². The average molecular weight is 503 g/mol. The van der Waals surface area contributed by atoms with Crippen LogP contribution >= 0.6 is 0 Å². The van der Waals surface area contributed by atoms with Crippen LogP contribution in [0.2, 0.25) is 0 Å². The highest BCUT2D eigenvalue weighted by molar-refractivity contribution is 7.92. The number of anilines is 2. The summed E-state index contributed by atoms with van der Waals surface area (Å²) in [6.07, 6.45) is 0. The summed E-state index contributed by atoms with van der Waals surface area (Å²) in [4.78, 5) is 13.2. The lowest BCUT2D eigenvalue weighted by Crippen LogP contribution is -2.17. The summed E-state index contributed by atoms with van der Waals surface area (Å²) < 4.78 is 39.7. The Labute approximate surface area is 210 Å². The highest BCUT2D eigenvalue weighted by atomic mass is 32.2. The van der Waals surface area contributed by atoms with E-state index in [1.165, 1.54) is 26.4 Å². The molecule has 0 bridgehead atoms. The zero-order valence-electron chi connectivity index (χ0n) is 20.1. The van der Waals surface area contributed by atoms with Gasteiger partial charge in [0.05, 0.1) is 24.8 Å².